The summed E-state index contributed by atoms with van der Waals surface area (Å²) in [6, 6.07) is 2.66. The van der Waals surface area contributed by atoms with E-state index in [0.717, 1.165) is 24.7 Å². The zero-order valence-corrected chi connectivity index (χ0v) is 13.5. The van der Waals surface area contributed by atoms with E-state index in [2.05, 4.69) is 38.8 Å². The molecule has 0 saturated carbocycles. The van der Waals surface area contributed by atoms with Crippen LogP contribution in [0.5, 0.6) is 0 Å². The molecule has 24 heavy (non-hydrogen) atoms. The summed E-state index contributed by atoms with van der Waals surface area (Å²) < 4.78 is 39.7. The average molecular weight is 340 g/mol. The Morgan fingerprint density at radius 1 is 1.08 bits per heavy atom. The molecular weight excluding hydrogens is 321 g/mol. The first kappa shape index (κ1) is 16.7. The number of anilines is 1. The van der Waals surface area contributed by atoms with Gasteiger partial charge in [-0.05, 0) is 38.8 Å². The molecule has 2 aromatic rings. The van der Waals surface area contributed by atoms with Crippen LogP contribution in [0, 0.1) is 0 Å². The molecule has 3 rings (SSSR count). The van der Waals surface area contributed by atoms with Crippen LogP contribution in [-0.2, 0) is 6.18 Å². The number of rotatable bonds is 3. The van der Waals surface area contributed by atoms with Gasteiger partial charge in [-0.2, -0.15) is 13.2 Å². The molecule has 0 N–H and O–H groups in total. The molecule has 1 fully saturated rings. The van der Waals surface area contributed by atoms with Crippen molar-refractivity contribution >= 4 is 5.82 Å². The smallest absolute Gasteiger partial charge is 0.355 e. The second-order valence-corrected chi connectivity index (χ2v) is 6.23. The molecular formula is C15H19F3N6. The Balaban J connectivity index is 1.66. The Morgan fingerprint density at radius 3 is 2.33 bits per heavy atom. The van der Waals surface area contributed by atoms with Gasteiger partial charge in [0.2, 0.25) is 0 Å². The predicted octanol–water partition coefficient (Wildman–Crippen LogP) is 3.05. The van der Waals surface area contributed by atoms with Gasteiger partial charge in [0.1, 0.15) is 12.2 Å². The van der Waals surface area contributed by atoms with Gasteiger partial charge in [0.25, 0.3) is 0 Å². The fourth-order valence-corrected chi connectivity index (χ4v) is 2.95. The van der Waals surface area contributed by atoms with Gasteiger partial charge in [0.05, 0.1) is 0 Å². The lowest BCUT2D eigenvalue weighted by molar-refractivity contribution is -0.141. The van der Waals surface area contributed by atoms with E-state index in [-0.39, 0.29) is 0 Å². The SMILES string of the molecule is CC(C)n1cnnc1C1CCN(c2ccc(C(F)(F)F)nn2)CC1. The van der Waals surface area contributed by atoms with Gasteiger partial charge in [0, 0.05) is 25.0 Å². The van der Waals surface area contributed by atoms with E-state index in [1.165, 1.54) is 6.07 Å². The molecule has 3 heterocycles. The second-order valence-electron chi connectivity index (χ2n) is 6.23. The molecule has 0 bridgehead atoms. The zero-order valence-electron chi connectivity index (χ0n) is 13.5. The number of alkyl halides is 3. The molecule has 2 aromatic heterocycles. The van der Waals surface area contributed by atoms with Crippen LogP contribution in [0.2, 0.25) is 0 Å². The highest BCUT2D eigenvalue weighted by Gasteiger charge is 2.33. The number of piperidine rings is 1. The quantitative estimate of drug-likeness (QED) is 0.859. The van der Waals surface area contributed by atoms with Gasteiger partial charge < -0.3 is 9.47 Å². The number of aromatic nitrogens is 5. The Kier molecular flexibility index (Phi) is 4.42. The maximum Gasteiger partial charge on any atom is 0.435 e. The van der Waals surface area contributed by atoms with Crippen LogP contribution in [0.4, 0.5) is 19.0 Å². The summed E-state index contributed by atoms with van der Waals surface area (Å²) in [5.74, 6) is 1.75. The molecule has 0 spiro atoms. The summed E-state index contributed by atoms with van der Waals surface area (Å²) in [4.78, 5) is 1.96. The molecule has 9 heteroatoms. The molecule has 130 valence electrons. The molecule has 0 aliphatic carbocycles. The van der Waals surface area contributed by atoms with Crippen molar-refractivity contribution in [2.24, 2.45) is 0 Å². The van der Waals surface area contributed by atoms with E-state index < -0.39 is 11.9 Å². The first-order valence-corrected chi connectivity index (χ1v) is 7.91. The summed E-state index contributed by atoms with van der Waals surface area (Å²) in [5.41, 5.74) is -0.967. The average Bonchev–Trinajstić information content (AvgIpc) is 3.04. The number of hydrogen-bond donors (Lipinski definition) is 0. The van der Waals surface area contributed by atoms with E-state index in [1.54, 1.807) is 6.33 Å². The third kappa shape index (κ3) is 3.34. The summed E-state index contributed by atoms with van der Waals surface area (Å²) in [7, 11) is 0. The van der Waals surface area contributed by atoms with Gasteiger partial charge >= 0.3 is 6.18 Å². The van der Waals surface area contributed by atoms with Crippen molar-refractivity contribution in [3.05, 3.63) is 30.0 Å². The maximum absolute atomic E-state index is 12.5. The van der Waals surface area contributed by atoms with Crippen LogP contribution in [0.3, 0.4) is 0 Å². The molecule has 1 aliphatic heterocycles. The van der Waals surface area contributed by atoms with E-state index in [1.807, 2.05) is 4.90 Å². The summed E-state index contributed by atoms with van der Waals surface area (Å²) in [6.45, 7) is 5.57. The summed E-state index contributed by atoms with van der Waals surface area (Å²) in [5, 5.41) is 15.3. The highest BCUT2D eigenvalue weighted by atomic mass is 19.4. The van der Waals surface area contributed by atoms with Crippen molar-refractivity contribution in [2.75, 3.05) is 18.0 Å². The zero-order chi connectivity index (χ0) is 17.3. The van der Waals surface area contributed by atoms with Crippen LogP contribution in [0.15, 0.2) is 18.5 Å². The number of nitrogens with zero attached hydrogens (tertiary/aromatic N) is 6. The van der Waals surface area contributed by atoms with Crippen molar-refractivity contribution in [3.63, 3.8) is 0 Å². The Hall–Kier alpha value is -2.19. The molecule has 0 unspecified atom stereocenters. The lowest BCUT2D eigenvalue weighted by Crippen LogP contribution is -2.34. The third-order valence-corrected chi connectivity index (χ3v) is 4.28. The van der Waals surface area contributed by atoms with E-state index in [9.17, 15) is 13.2 Å². The molecule has 0 amide bonds. The van der Waals surface area contributed by atoms with Crippen molar-refractivity contribution in [3.8, 4) is 0 Å². The second kappa shape index (κ2) is 6.37. The summed E-state index contributed by atoms with van der Waals surface area (Å²) in [6.07, 6.45) is -1.00. The molecule has 0 aromatic carbocycles. The van der Waals surface area contributed by atoms with Crippen LogP contribution >= 0.6 is 0 Å². The van der Waals surface area contributed by atoms with Gasteiger partial charge in [-0.3, -0.25) is 0 Å². The van der Waals surface area contributed by atoms with Crippen molar-refractivity contribution in [1.82, 2.24) is 25.0 Å². The van der Waals surface area contributed by atoms with Crippen molar-refractivity contribution < 1.29 is 13.2 Å². The Labute approximate surface area is 137 Å². The van der Waals surface area contributed by atoms with Crippen LogP contribution in [-0.4, -0.2) is 38.1 Å². The largest absolute Gasteiger partial charge is 0.435 e. The minimum atomic E-state index is -4.46. The molecule has 0 radical (unpaired) electrons. The number of hydrogen-bond acceptors (Lipinski definition) is 5. The fraction of sp³-hybridized carbons (Fsp3) is 0.600. The maximum atomic E-state index is 12.5. The van der Waals surface area contributed by atoms with Gasteiger partial charge in [-0.15, -0.1) is 20.4 Å². The van der Waals surface area contributed by atoms with E-state index >= 15 is 0 Å². The monoisotopic (exact) mass is 340 g/mol. The topological polar surface area (TPSA) is 59.7 Å². The molecule has 6 nitrogen and oxygen atoms in total. The highest BCUT2D eigenvalue weighted by molar-refractivity contribution is 5.38. The number of halogens is 3. The van der Waals surface area contributed by atoms with Crippen LogP contribution in [0.25, 0.3) is 0 Å². The molecule has 0 atom stereocenters. The fourth-order valence-electron chi connectivity index (χ4n) is 2.95. The van der Waals surface area contributed by atoms with E-state index in [4.69, 9.17) is 0 Å². The first-order valence-electron chi connectivity index (χ1n) is 7.91. The highest BCUT2D eigenvalue weighted by Crippen LogP contribution is 2.31. The summed E-state index contributed by atoms with van der Waals surface area (Å²) >= 11 is 0. The first-order chi connectivity index (χ1) is 11.4. The molecule has 1 saturated heterocycles. The molecule has 1 aliphatic rings. The van der Waals surface area contributed by atoms with Crippen molar-refractivity contribution in [2.45, 2.75) is 44.8 Å². The van der Waals surface area contributed by atoms with E-state index in [0.29, 0.717) is 30.9 Å². The Morgan fingerprint density at radius 2 is 1.79 bits per heavy atom. The third-order valence-electron chi connectivity index (χ3n) is 4.28. The minimum Gasteiger partial charge on any atom is -0.355 e. The lowest BCUT2D eigenvalue weighted by Gasteiger charge is -2.32. The van der Waals surface area contributed by atoms with Gasteiger partial charge in [-0.1, -0.05) is 0 Å². The van der Waals surface area contributed by atoms with Crippen LogP contribution < -0.4 is 4.90 Å². The van der Waals surface area contributed by atoms with Crippen molar-refractivity contribution in [1.29, 1.82) is 0 Å². The normalized spacial score (nSPS) is 16.8. The Bertz CT molecular complexity index is 671. The van der Waals surface area contributed by atoms with Crippen LogP contribution in [0.1, 0.15) is 50.2 Å². The predicted molar refractivity (Wildman–Crippen MR) is 81.6 cm³/mol. The van der Waals surface area contributed by atoms with Gasteiger partial charge in [0.15, 0.2) is 11.5 Å². The minimum absolute atomic E-state index is 0.300. The lowest BCUT2D eigenvalue weighted by atomic mass is 9.95. The van der Waals surface area contributed by atoms with Gasteiger partial charge in [-0.25, -0.2) is 0 Å². The standard InChI is InChI=1S/C15H19F3N6/c1-10(2)24-9-19-22-14(24)11-5-7-23(8-6-11)13-4-3-12(20-21-13)15(16,17)18/h3-4,9-11H,5-8H2,1-2H3.